The summed E-state index contributed by atoms with van der Waals surface area (Å²) in [5.41, 5.74) is 0.0174. The molecule has 11 heavy (non-hydrogen) atoms. The van der Waals surface area contributed by atoms with Crippen molar-refractivity contribution in [3.63, 3.8) is 0 Å². The van der Waals surface area contributed by atoms with Crippen LogP contribution in [0.25, 0.3) is 0 Å². The van der Waals surface area contributed by atoms with Gasteiger partial charge in [0.05, 0.1) is 0 Å². The predicted molar refractivity (Wildman–Crippen MR) is 45.5 cm³/mol. The Morgan fingerprint density at radius 2 is 1.91 bits per heavy atom. The topological polar surface area (TPSA) is 20.3 Å². The van der Waals surface area contributed by atoms with E-state index < -0.39 is 0 Å². The van der Waals surface area contributed by atoms with E-state index in [4.69, 9.17) is 0 Å². The molecule has 2 nitrogen and oxygen atoms in total. The number of carbonyl (C=O) groups is 1. The minimum Gasteiger partial charge on any atom is -0.306 e. The molecular formula is C9H17NO. The van der Waals surface area contributed by atoms with E-state index >= 15 is 0 Å². The normalized spacial score (nSPS) is 23.4. The second-order valence-electron chi connectivity index (χ2n) is 3.85. The van der Waals surface area contributed by atoms with Gasteiger partial charge in [-0.3, -0.25) is 4.79 Å². The maximum absolute atomic E-state index is 11.2. The first-order valence-corrected chi connectivity index (χ1v) is 4.18. The molecule has 64 valence electrons. The molecule has 0 aromatic heterocycles. The van der Waals surface area contributed by atoms with Crippen molar-refractivity contribution in [3.8, 4) is 0 Å². The van der Waals surface area contributed by atoms with Gasteiger partial charge in [0.1, 0.15) is 5.78 Å². The Morgan fingerprint density at radius 1 is 1.45 bits per heavy atom. The summed E-state index contributed by atoms with van der Waals surface area (Å²) >= 11 is 0. The van der Waals surface area contributed by atoms with Crippen molar-refractivity contribution in [3.05, 3.63) is 0 Å². The van der Waals surface area contributed by atoms with Gasteiger partial charge in [-0.15, -0.1) is 0 Å². The third-order valence-electron chi connectivity index (χ3n) is 3.06. The van der Waals surface area contributed by atoms with E-state index in [1.165, 1.54) is 0 Å². The lowest BCUT2D eigenvalue weighted by molar-refractivity contribution is -0.123. The number of rotatable bonds is 3. The molecule has 0 saturated heterocycles. The van der Waals surface area contributed by atoms with Crippen molar-refractivity contribution in [2.45, 2.75) is 32.7 Å². The minimum absolute atomic E-state index is 0.0174. The van der Waals surface area contributed by atoms with Gasteiger partial charge >= 0.3 is 0 Å². The molecule has 0 aromatic rings. The van der Waals surface area contributed by atoms with E-state index in [2.05, 4.69) is 11.8 Å². The number of Topliss-reactive ketones (excluding diaryl/α,β-unsaturated/α-hetero) is 1. The van der Waals surface area contributed by atoms with Crippen molar-refractivity contribution in [1.82, 2.24) is 4.90 Å². The van der Waals surface area contributed by atoms with E-state index in [-0.39, 0.29) is 5.41 Å². The fraction of sp³-hybridized carbons (Fsp3) is 0.889. The maximum atomic E-state index is 11.2. The summed E-state index contributed by atoms with van der Waals surface area (Å²) in [6.07, 6.45) is 2.17. The van der Waals surface area contributed by atoms with Crippen molar-refractivity contribution in [2.24, 2.45) is 5.41 Å². The Labute approximate surface area is 68.6 Å². The highest BCUT2D eigenvalue weighted by Crippen LogP contribution is 2.50. The van der Waals surface area contributed by atoms with Crippen LogP contribution in [0, 0.1) is 5.41 Å². The highest BCUT2D eigenvalue weighted by Gasteiger charge is 2.52. The first-order chi connectivity index (χ1) is 5.00. The van der Waals surface area contributed by atoms with Gasteiger partial charge in [0.15, 0.2) is 0 Å². The molecule has 0 aliphatic heterocycles. The average molecular weight is 155 g/mol. The second-order valence-corrected chi connectivity index (χ2v) is 3.85. The third-order valence-corrected chi connectivity index (χ3v) is 3.06. The number of nitrogens with zero attached hydrogens (tertiary/aromatic N) is 1. The molecule has 1 aliphatic rings. The van der Waals surface area contributed by atoms with Crippen molar-refractivity contribution < 1.29 is 4.79 Å². The number of ketones is 1. The molecule has 1 rings (SSSR count). The van der Waals surface area contributed by atoms with Crippen LogP contribution >= 0.6 is 0 Å². The van der Waals surface area contributed by atoms with E-state index in [0.29, 0.717) is 11.8 Å². The average Bonchev–Trinajstić information content (AvgIpc) is 2.65. The predicted octanol–water partition coefficient (Wildman–Crippen LogP) is 1.31. The highest BCUT2D eigenvalue weighted by atomic mass is 16.1. The lowest BCUT2D eigenvalue weighted by Gasteiger charge is -2.27. The van der Waals surface area contributed by atoms with Crippen LogP contribution in [0.2, 0.25) is 0 Å². The second kappa shape index (κ2) is 2.59. The summed E-state index contributed by atoms with van der Waals surface area (Å²) in [6.45, 7) is 3.85. The molecule has 1 aliphatic carbocycles. The zero-order valence-corrected chi connectivity index (χ0v) is 7.85. The van der Waals surface area contributed by atoms with E-state index in [1.54, 1.807) is 6.92 Å². The summed E-state index contributed by atoms with van der Waals surface area (Å²) in [6, 6.07) is 0.403. The summed E-state index contributed by atoms with van der Waals surface area (Å²) in [4.78, 5) is 13.4. The Hall–Kier alpha value is -0.370. The summed E-state index contributed by atoms with van der Waals surface area (Å²) in [7, 11) is 4.07. The van der Waals surface area contributed by atoms with Crippen molar-refractivity contribution in [1.29, 1.82) is 0 Å². The maximum Gasteiger partial charge on any atom is 0.137 e. The van der Waals surface area contributed by atoms with E-state index in [9.17, 15) is 4.79 Å². The number of hydrogen-bond donors (Lipinski definition) is 0. The SMILES string of the molecule is CC(=O)C1(C(C)N(C)C)CC1. The molecule has 0 N–H and O–H groups in total. The van der Waals surface area contributed by atoms with Crippen LogP contribution in [0.15, 0.2) is 0 Å². The van der Waals surface area contributed by atoms with Crippen LogP contribution in [0.3, 0.4) is 0 Å². The molecular weight excluding hydrogens is 138 g/mol. The lowest BCUT2D eigenvalue weighted by Crippen LogP contribution is -2.37. The quantitative estimate of drug-likeness (QED) is 0.612. The Balaban J connectivity index is 2.65. The zero-order valence-electron chi connectivity index (χ0n) is 7.85. The monoisotopic (exact) mass is 155 g/mol. The van der Waals surface area contributed by atoms with Crippen LogP contribution < -0.4 is 0 Å². The lowest BCUT2D eigenvalue weighted by atomic mass is 9.93. The largest absolute Gasteiger partial charge is 0.306 e. The first kappa shape index (κ1) is 8.72. The van der Waals surface area contributed by atoms with Gasteiger partial charge in [-0.05, 0) is 40.8 Å². The third kappa shape index (κ3) is 1.32. The van der Waals surface area contributed by atoms with Gasteiger partial charge in [-0.1, -0.05) is 0 Å². The fourth-order valence-corrected chi connectivity index (χ4v) is 1.69. The fourth-order valence-electron chi connectivity index (χ4n) is 1.69. The minimum atomic E-state index is 0.0174. The van der Waals surface area contributed by atoms with Crippen molar-refractivity contribution >= 4 is 5.78 Å². The molecule has 0 amide bonds. The Bertz CT molecular complexity index is 170. The molecule has 1 unspecified atom stereocenters. The molecule has 1 atom stereocenters. The molecule has 0 radical (unpaired) electrons. The van der Waals surface area contributed by atoms with E-state index in [1.807, 2.05) is 14.1 Å². The van der Waals surface area contributed by atoms with Gasteiger partial charge in [0.25, 0.3) is 0 Å². The van der Waals surface area contributed by atoms with Crippen LogP contribution in [-0.4, -0.2) is 30.8 Å². The molecule has 2 heteroatoms. The molecule has 0 bridgehead atoms. The molecule has 0 spiro atoms. The van der Waals surface area contributed by atoms with E-state index in [0.717, 1.165) is 12.8 Å². The smallest absolute Gasteiger partial charge is 0.137 e. The van der Waals surface area contributed by atoms with Crippen molar-refractivity contribution in [2.75, 3.05) is 14.1 Å². The molecule has 1 saturated carbocycles. The summed E-state index contributed by atoms with van der Waals surface area (Å²) in [5, 5.41) is 0. The molecule has 0 aromatic carbocycles. The molecule has 1 fully saturated rings. The Morgan fingerprint density at radius 3 is 2.00 bits per heavy atom. The number of carbonyl (C=O) groups excluding carboxylic acids is 1. The number of hydrogen-bond acceptors (Lipinski definition) is 2. The van der Waals surface area contributed by atoms with Gasteiger partial charge < -0.3 is 4.90 Å². The Kier molecular flexibility index (Phi) is 2.06. The van der Waals surface area contributed by atoms with Crippen LogP contribution in [-0.2, 0) is 4.79 Å². The van der Waals surface area contributed by atoms with Gasteiger partial charge in [0, 0.05) is 11.5 Å². The van der Waals surface area contributed by atoms with Gasteiger partial charge in [-0.25, -0.2) is 0 Å². The first-order valence-electron chi connectivity index (χ1n) is 4.18. The summed E-state index contributed by atoms with van der Waals surface area (Å²) in [5.74, 6) is 0.360. The van der Waals surface area contributed by atoms with Crippen LogP contribution in [0.5, 0.6) is 0 Å². The van der Waals surface area contributed by atoms with Crippen LogP contribution in [0.4, 0.5) is 0 Å². The summed E-state index contributed by atoms with van der Waals surface area (Å²) < 4.78 is 0. The standard InChI is InChI=1S/C9H17NO/c1-7(10(3)4)9(5-6-9)8(2)11/h7H,5-6H2,1-4H3. The van der Waals surface area contributed by atoms with Gasteiger partial charge in [-0.2, -0.15) is 0 Å². The van der Waals surface area contributed by atoms with Gasteiger partial charge in [0.2, 0.25) is 0 Å². The molecule has 0 heterocycles. The van der Waals surface area contributed by atoms with Crippen LogP contribution in [0.1, 0.15) is 26.7 Å². The zero-order chi connectivity index (χ0) is 8.65. The highest BCUT2D eigenvalue weighted by molar-refractivity contribution is 5.85.